The van der Waals surface area contributed by atoms with Crippen molar-refractivity contribution in [3.8, 4) is 0 Å². The molecular formula is C13H13BrF2N4. The molecule has 0 saturated heterocycles. The number of aryl methyl sites for hydroxylation is 1. The lowest BCUT2D eigenvalue weighted by Gasteiger charge is -2.11. The summed E-state index contributed by atoms with van der Waals surface area (Å²) in [6, 6.07) is 3.96. The molecule has 1 heterocycles. The Morgan fingerprint density at radius 1 is 1.10 bits per heavy atom. The third-order valence-corrected chi connectivity index (χ3v) is 3.06. The van der Waals surface area contributed by atoms with E-state index in [4.69, 9.17) is 0 Å². The fourth-order valence-electron chi connectivity index (χ4n) is 1.64. The SMILES string of the molecule is CCc1nc(NC)cc(Nc2c(F)cc(Br)cc2F)n1. The molecule has 0 aliphatic rings. The number of nitrogens with one attached hydrogen (secondary N) is 2. The fourth-order valence-corrected chi connectivity index (χ4v) is 2.04. The highest BCUT2D eigenvalue weighted by atomic mass is 79.9. The van der Waals surface area contributed by atoms with Crippen molar-refractivity contribution < 1.29 is 8.78 Å². The molecule has 0 radical (unpaired) electrons. The van der Waals surface area contributed by atoms with Gasteiger partial charge in [0.15, 0.2) is 11.6 Å². The third-order valence-electron chi connectivity index (χ3n) is 2.60. The Labute approximate surface area is 123 Å². The van der Waals surface area contributed by atoms with E-state index in [1.807, 2.05) is 6.92 Å². The molecule has 0 aliphatic heterocycles. The molecule has 0 saturated carbocycles. The predicted octanol–water partition coefficient (Wildman–Crippen LogP) is 3.87. The molecule has 1 aromatic carbocycles. The largest absolute Gasteiger partial charge is 0.373 e. The Morgan fingerprint density at radius 2 is 1.70 bits per heavy atom. The standard InChI is InChI=1S/C13H13BrF2N4/c1-3-10-18-11(17-2)6-12(19-10)20-13-8(15)4-7(14)5-9(13)16/h4-6H,3H2,1-2H3,(H2,17,18,19,20). The van der Waals surface area contributed by atoms with Crippen LogP contribution in [0.1, 0.15) is 12.7 Å². The number of hydrogen-bond acceptors (Lipinski definition) is 4. The summed E-state index contributed by atoms with van der Waals surface area (Å²) in [5.74, 6) is 0.106. The Balaban J connectivity index is 2.39. The number of halogens is 3. The molecule has 20 heavy (non-hydrogen) atoms. The van der Waals surface area contributed by atoms with Gasteiger partial charge in [-0.05, 0) is 12.1 Å². The van der Waals surface area contributed by atoms with Gasteiger partial charge in [-0.2, -0.15) is 0 Å². The molecule has 0 atom stereocenters. The van der Waals surface area contributed by atoms with Crippen LogP contribution in [-0.4, -0.2) is 17.0 Å². The molecule has 2 aromatic rings. The maximum absolute atomic E-state index is 13.8. The second-order valence-electron chi connectivity index (χ2n) is 4.03. The van der Waals surface area contributed by atoms with Crippen molar-refractivity contribution in [2.75, 3.05) is 17.7 Å². The second kappa shape index (κ2) is 6.13. The summed E-state index contributed by atoms with van der Waals surface area (Å²) in [5, 5.41) is 5.54. The van der Waals surface area contributed by atoms with Crippen LogP contribution in [0.4, 0.5) is 26.1 Å². The van der Waals surface area contributed by atoms with Crippen molar-refractivity contribution in [1.29, 1.82) is 0 Å². The summed E-state index contributed by atoms with van der Waals surface area (Å²) in [6.45, 7) is 1.90. The van der Waals surface area contributed by atoms with Gasteiger partial charge in [0.2, 0.25) is 0 Å². The van der Waals surface area contributed by atoms with Gasteiger partial charge in [0.1, 0.15) is 23.1 Å². The van der Waals surface area contributed by atoms with Gasteiger partial charge in [-0.1, -0.05) is 22.9 Å². The number of aromatic nitrogens is 2. The topological polar surface area (TPSA) is 49.8 Å². The summed E-state index contributed by atoms with van der Waals surface area (Å²) < 4.78 is 27.9. The Kier molecular flexibility index (Phi) is 4.49. The van der Waals surface area contributed by atoms with E-state index in [1.54, 1.807) is 13.1 Å². The van der Waals surface area contributed by atoms with Crippen LogP contribution in [0.2, 0.25) is 0 Å². The van der Waals surface area contributed by atoms with E-state index < -0.39 is 11.6 Å². The van der Waals surface area contributed by atoms with Crippen molar-refractivity contribution in [2.24, 2.45) is 0 Å². The zero-order valence-electron chi connectivity index (χ0n) is 11.0. The molecule has 2 rings (SSSR count). The van der Waals surface area contributed by atoms with Gasteiger partial charge in [0, 0.05) is 24.0 Å². The second-order valence-corrected chi connectivity index (χ2v) is 4.94. The van der Waals surface area contributed by atoms with Crippen LogP contribution in [0.15, 0.2) is 22.7 Å². The summed E-state index contributed by atoms with van der Waals surface area (Å²) in [7, 11) is 1.71. The Bertz CT molecular complexity index is 589. The minimum atomic E-state index is -0.695. The summed E-state index contributed by atoms with van der Waals surface area (Å²) in [6.07, 6.45) is 0.621. The minimum absolute atomic E-state index is 0.240. The molecule has 4 nitrogen and oxygen atoms in total. The summed E-state index contributed by atoms with van der Waals surface area (Å²) >= 11 is 3.03. The van der Waals surface area contributed by atoms with Crippen molar-refractivity contribution in [2.45, 2.75) is 13.3 Å². The predicted molar refractivity (Wildman–Crippen MR) is 78.3 cm³/mol. The third kappa shape index (κ3) is 3.22. The first-order valence-electron chi connectivity index (χ1n) is 6.00. The van der Waals surface area contributed by atoms with Gasteiger partial charge >= 0.3 is 0 Å². The molecule has 1 aromatic heterocycles. The molecule has 0 bridgehead atoms. The molecule has 0 unspecified atom stereocenters. The molecule has 0 aliphatic carbocycles. The first-order chi connectivity index (χ1) is 9.53. The quantitative estimate of drug-likeness (QED) is 0.885. The molecule has 7 heteroatoms. The van der Waals surface area contributed by atoms with Crippen LogP contribution >= 0.6 is 15.9 Å². The van der Waals surface area contributed by atoms with E-state index in [1.165, 1.54) is 12.1 Å². The van der Waals surface area contributed by atoms with Crippen molar-refractivity contribution >= 4 is 33.3 Å². The highest BCUT2D eigenvalue weighted by Crippen LogP contribution is 2.26. The van der Waals surface area contributed by atoms with E-state index in [2.05, 4.69) is 36.5 Å². The average Bonchev–Trinajstić information content (AvgIpc) is 2.42. The summed E-state index contributed by atoms with van der Waals surface area (Å²) in [5.41, 5.74) is -0.240. The summed E-state index contributed by atoms with van der Waals surface area (Å²) in [4.78, 5) is 8.41. The van der Waals surface area contributed by atoms with Gasteiger partial charge in [-0.25, -0.2) is 18.7 Å². The van der Waals surface area contributed by atoms with E-state index in [0.717, 1.165) is 0 Å². The van der Waals surface area contributed by atoms with Crippen LogP contribution in [0.3, 0.4) is 0 Å². The maximum Gasteiger partial charge on any atom is 0.150 e. The molecular weight excluding hydrogens is 330 g/mol. The van der Waals surface area contributed by atoms with Crippen LogP contribution in [0, 0.1) is 11.6 Å². The normalized spacial score (nSPS) is 10.4. The van der Waals surface area contributed by atoms with Gasteiger partial charge in [0.25, 0.3) is 0 Å². The lowest BCUT2D eigenvalue weighted by Crippen LogP contribution is -2.05. The van der Waals surface area contributed by atoms with Crippen LogP contribution in [0.5, 0.6) is 0 Å². The number of hydrogen-bond donors (Lipinski definition) is 2. The lowest BCUT2D eigenvalue weighted by atomic mass is 10.3. The first-order valence-corrected chi connectivity index (χ1v) is 6.80. The van der Waals surface area contributed by atoms with Gasteiger partial charge < -0.3 is 10.6 Å². The monoisotopic (exact) mass is 342 g/mol. The maximum atomic E-state index is 13.8. The van der Waals surface area contributed by atoms with Crippen LogP contribution in [-0.2, 0) is 6.42 Å². The van der Waals surface area contributed by atoms with E-state index in [-0.39, 0.29) is 5.69 Å². The van der Waals surface area contributed by atoms with Crippen LogP contribution < -0.4 is 10.6 Å². The first kappa shape index (κ1) is 14.6. The minimum Gasteiger partial charge on any atom is -0.373 e. The van der Waals surface area contributed by atoms with E-state index in [0.29, 0.717) is 28.4 Å². The Morgan fingerprint density at radius 3 is 2.25 bits per heavy atom. The lowest BCUT2D eigenvalue weighted by molar-refractivity contribution is 0.589. The van der Waals surface area contributed by atoms with Crippen LogP contribution in [0.25, 0.3) is 0 Å². The number of anilines is 3. The Hall–Kier alpha value is -1.76. The zero-order valence-corrected chi connectivity index (χ0v) is 12.6. The van der Waals surface area contributed by atoms with Crippen molar-refractivity contribution in [3.05, 3.63) is 40.1 Å². The molecule has 0 fully saturated rings. The van der Waals surface area contributed by atoms with Crippen molar-refractivity contribution in [1.82, 2.24) is 9.97 Å². The van der Waals surface area contributed by atoms with Gasteiger partial charge in [-0.3, -0.25) is 0 Å². The number of benzene rings is 1. The highest BCUT2D eigenvalue weighted by Gasteiger charge is 2.12. The number of rotatable bonds is 4. The van der Waals surface area contributed by atoms with Gasteiger partial charge in [0.05, 0.1) is 0 Å². The molecule has 106 valence electrons. The zero-order chi connectivity index (χ0) is 14.7. The highest BCUT2D eigenvalue weighted by molar-refractivity contribution is 9.10. The number of nitrogens with zero attached hydrogens (tertiary/aromatic N) is 2. The molecule has 0 spiro atoms. The van der Waals surface area contributed by atoms with E-state index >= 15 is 0 Å². The van der Waals surface area contributed by atoms with Gasteiger partial charge in [-0.15, -0.1) is 0 Å². The average molecular weight is 343 g/mol. The molecule has 0 amide bonds. The fraction of sp³-hybridized carbons (Fsp3) is 0.231. The van der Waals surface area contributed by atoms with E-state index in [9.17, 15) is 8.78 Å². The smallest absolute Gasteiger partial charge is 0.150 e. The van der Waals surface area contributed by atoms with Crippen molar-refractivity contribution in [3.63, 3.8) is 0 Å². The molecule has 2 N–H and O–H groups in total.